The first-order valence-corrected chi connectivity index (χ1v) is 4.86. The van der Waals surface area contributed by atoms with Crippen molar-refractivity contribution in [1.29, 1.82) is 0 Å². The first kappa shape index (κ1) is 11.3. The lowest BCUT2D eigenvalue weighted by Gasteiger charge is -2.02. The van der Waals surface area contributed by atoms with E-state index in [2.05, 4.69) is 0 Å². The van der Waals surface area contributed by atoms with Crippen LogP contribution in [0.15, 0.2) is 42.5 Å². The summed E-state index contributed by atoms with van der Waals surface area (Å²) in [4.78, 5) is 11.8. The molecular formula is C13H8F2O2. The summed E-state index contributed by atoms with van der Waals surface area (Å²) in [5, 5.41) is 9.07. The van der Waals surface area contributed by atoms with Crippen LogP contribution in [0.4, 0.5) is 8.78 Å². The maximum atomic E-state index is 12.9. The molecule has 1 N–H and O–H groups in total. The minimum Gasteiger partial charge on any atom is -0.508 e. The van der Waals surface area contributed by atoms with Crippen LogP contribution in [0.3, 0.4) is 0 Å². The Morgan fingerprint density at radius 1 is 0.882 bits per heavy atom. The number of carbonyl (C=O) groups is 1. The summed E-state index contributed by atoms with van der Waals surface area (Å²) in [7, 11) is 0. The smallest absolute Gasteiger partial charge is 0.193 e. The van der Waals surface area contributed by atoms with Gasteiger partial charge in [-0.1, -0.05) is 0 Å². The standard InChI is InChI=1S/C13H8F2O2/c14-10-5-9(6-11(15)7-10)13(17)8-1-3-12(16)4-2-8/h1-7,16H. The van der Waals surface area contributed by atoms with Gasteiger partial charge in [0, 0.05) is 17.2 Å². The van der Waals surface area contributed by atoms with Crippen molar-refractivity contribution in [1.82, 2.24) is 0 Å². The van der Waals surface area contributed by atoms with Crippen LogP contribution in [-0.2, 0) is 0 Å². The molecule has 0 unspecified atom stereocenters. The van der Waals surface area contributed by atoms with Crippen LogP contribution in [-0.4, -0.2) is 10.9 Å². The van der Waals surface area contributed by atoms with Gasteiger partial charge in [-0.25, -0.2) is 8.78 Å². The minimum absolute atomic E-state index is 0.0203. The van der Waals surface area contributed by atoms with Gasteiger partial charge in [0.25, 0.3) is 0 Å². The Bertz CT molecular complexity index is 542. The van der Waals surface area contributed by atoms with Crippen LogP contribution in [0.25, 0.3) is 0 Å². The highest BCUT2D eigenvalue weighted by Crippen LogP contribution is 2.16. The number of halogens is 2. The van der Waals surface area contributed by atoms with Gasteiger partial charge in [0.15, 0.2) is 5.78 Å². The fourth-order valence-electron chi connectivity index (χ4n) is 1.46. The number of rotatable bonds is 2. The number of phenolic OH excluding ortho intramolecular Hbond substituents is 1. The number of carbonyl (C=O) groups excluding carboxylic acids is 1. The molecule has 2 aromatic carbocycles. The van der Waals surface area contributed by atoms with Crippen LogP contribution < -0.4 is 0 Å². The Kier molecular flexibility index (Phi) is 2.87. The van der Waals surface area contributed by atoms with Gasteiger partial charge in [0.2, 0.25) is 0 Å². The van der Waals surface area contributed by atoms with E-state index in [0.29, 0.717) is 6.07 Å². The largest absolute Gasteiger partial charge is 0.508 e. The molecule has 0 saturated heterocycles. The summed E-state index contributed by atoms with van der Waals surface area (Å²) >= 11 is 0. The molecule has 0 bridgehead atoms. The molecule has 2 aromatic rings. The van der Waals surface area contributed by atoms with Crippen LogP contribution >= 0.6 is 0 Å². The number of hydrogen-bond acceptors (Lipinski definition) is 2. The third-order valence-electron chi connectivity index (χ3n) is 2.25. The zero-order valence-electron chi connectivity index (χ0n) is 8.65. The van der Waals surface area contributed by atoms with Crippen LogP contribution in [0.2, 0.25) is 0 Å². The molecule has 86 valence electrons. The molecule has 4 heteroatoms. The van der Waals surface area contributed by atoms with Crippen molar-refractivity contribution in [3.63, 3.8) is 0 Å². The van der Waals surface area contributed by atoms with Gasteiger partial charge in [-0.2, -0.15) is 0 Å². The lowest BCUT2D eigenvalue weighted by Crippen LogP contribution is -2.02. The lowest BCUT2D eigenvalue weighted by atomic mass is 10.0. The quantitative estimate of drug-likeness (QED) is 0.811. The predicted molar refractivity (Wildman–Crippen MR) is 57.9 cm³/mol. The summed E-state index contributed by atoms with van der Waals surface area (Å²) < 4.78 is 25.9. The summed E-state index contributed by atoms with van der Waals surface area (Å²) in [6.45, 7) is 0. The second-order valence-electron chi connectivity index (χ2n) is 3.53. The van der Waals surface area contributed by atoms with E-state index in [4.69, 9.17) is 5.11 Å². The fourth-order valence-corrected chi connectivity index (χ4v) is 1.46. The van der Waals surface area contributed by atoms with Crippen LogP contribution in [0.1, 0.15) is 15.9 Å². The molecule has 0 radical (unpaired) electrons. The Morgan fingerprint density at radius 3 is 1.94 bits per heavy atom. The summed E-state index contributed by atoms with van der Waals surface area (Å²) in [5.41, 5.74) is 0.195. The average Bonchev–Trinajstić information content (AvgIpc) is 2.28. The predicted octanol–water partition coefficient (Wildman–Crippen LogP) is 2.90. The Hall–Kier alpha value is -2.23. The second kappa shape index (κ2) is 4.33. The van der Waals surface area contributed by atoms with Crippen molar-refractivity contribution >= 4 is 5.78 Å². The number of ketones is 1. The van der Waals surface area contributed by atoms with E-state index >= 15 is 0 Å². The monoisotopic (exact) mass is 234 g/mol. The number of benzene rings is 2. The highest BCUT2D eigenvalue weighted by molar-refractivity contribution is 6.09. The number of phenols is 1. The molecule has 17 heavy (non-hydrogen) atoms. The molecule has 2 rings (SSSR count). The van der Waals surface area contributed by atoms with E-state index in [0.717, 1.165) is 12.1 Å². The molecule has 2 nitrogen and oxygen atoms in total. The Balaban J connectivity index is 2.40. The first-order chi connectivity index (χ1) is 8.06. The van der Waals surface area contributed by atoms with E-state index < -0.39 is 17.4 Å². The first-order valence-electron chi connectivity index (χ1n) is 4.86. The van der Waals surface area contributed by atoms with Gasteiger partial charge in [-0.15, -0.1) is 0 Å². The van der Waals surface area contributed by atoms with E-state index in [1.54, 1.807) is 0 Å². The van der Waals surface area contributed by atoms with Gasteiger partial charge < -0.3 is 5.11 Å². The average molecular weight is 234 g/mol. The normalized spacial score (nSPS) is 10.2. The molecular weight excluding hydrogens is 226 g/mol. The molecule has 0 amide bonds. The van der Waals surface area contributed by atoms with Crippen molar-refractivity contribution < 1.29 is 18.7 Å². The van der Waals surface area contributed by atoms with Gasteiger partial charge in [-0.3, -0.25) is 4.79 Å². The SMILES string of the molecule is O=C(c1ccc(O)cc1)c1cc(F)cc(F)c1. The van der Waals surface area contributed by atoms with Crippen molar-refractivity contribution in [2.24, 2.45) is 0 Å². The van der Waals surface area contributed by atoms with Crippen molar-refractivity contribution in [3.05, 3.63) is 65.2 Å². The molecule has 0 aromatic heterocycles. The molecule has 0 saturated carbocycles. The van der Waals surface area contributed by atoms with Crippen molar-refractivity contribution in [2.75, 3.05) is 0 Å². The van der Waals surface area contributed by atoms with E-state index in [1.807, 2.05) is 0 Å². The zero-order valence-corrected chi connectivity index (χ0v) is 8.65. The van der Waals surface area contributed by atoms with Gasteiger partial charge in [-0.05, 0) is 36.4 Å². The van der Waals surface area contributed by atoms with Gasteiger partial charge >= 0.3 is 0 Å². The minimum atomic E-state index is -0.799. The van der Waals surface area contributed by atoms with Crippen molar-refractivity contribution in [2.45, 2.75) is 0 Å². The highest BCUT2D eigenvalue weighted by atomic mass is 19.1. The third-order valence-corrected chi connectivity index (χ3v) is 2.25. The van der Waals surface area contributed by atoms with Gasteiger partial charge in [0.05, 0.1) is 0 Å². The zero-order chi connectivity index (χ0) is 12.4. The molecule has 0 fully saturated rings. The van der Waals surface area contributed by atoms with Crippen LogP contribution in [0, 0.1) is 11.6 Å². The molecule has 0 heterocycles. The number of hydrogen-bond donors (Lipinski definition) is 1. The van der Waals surface area contributed by atoms with Gasteiger partial charge in [0.1, 0.15) is 17.4 Å². The summed E-state index contributed by atoms with van der Waals surface area (Å²) in [5.74, 6) is -2.07. The molecule has 0 aliphatic carbocycles. The van der Waals surface area contributed by atoms with E-state index in [1.165, 1.54) is 24.3 Å². The highest BCUT2D eigenvalue weighted by Gasteiger charge is 2.11. The maximum absolute atomic E-state index is 12.9. The fraction of sp³-hybridized carbons (Fsp3) is 0. The van der Waals surface area contributed by atoms with Crippen LogP contribution in [0.5, 0.6) is 5.75 Å². The Morgan fingerprint density at radius 2 is 1.41 bits per heavy atom. The third kappa shape index (κ3) is 2.47. The lowest BCUT2D eigenvalue weighted by molar-refractivity contribution is 0.103. The van der Waals surface area contributed by atoms with Crippen molar-refractivity contribution in [3.8, 4) is 5.75 Å². The molecule has 0 aliphatic rings. The number of aromatic hydroxyl groups is 1. The van der Waals surface area contributed by atoms with E-state index in [9.17, 15) is 13.6 Å². The topological polar surface area (TPSA) is 37.3 Å². The van der Waals surface area contributed by atoms with E-state index in [-0.39, 0.29) is 16.9 Å². The summed E-state index contributed by atoms with van der Waals surface area (Å²) in [6, 6.07) is 8.09. The molecule has 0 spiro atoms. The second-order valence-corrected chi connectivity index (χ2v) is 3.53. The maximum Gasteiger partial charge on any atom is 0.193 e. The Labute approximate surface area is 96.1 Å². The summed E-state index contributed by atoms with van der Waals surface area (Å²) in [6.07, 6.45) is 0. The molecule has 0 aliphatic heterocycles. The molecule has 0 atom stereocenters.